The normalized spacial score (nSPS) is 9.81. The zero-order chi connectivity index (χ0) is 15.1. The molecule has 2 aromatic rings. The number of nitrogens with zero attached hydrogens (tertiary/aromatic N) is 2. The van der Waals surface area contributed by atoms with Crippen LogP contribution in [0.4, 0.5) is 0 Å². The number of hydrogen-bond donors (Lipinski definition) is 2. The van der Waals surface area contributed by atoms with Gasteiger partial charge in [0.1, 0.15) is 0 Å². The summed E-state index contributed by atoms with van der Waals surface area (Å²) < 4.78 is 4.63. The molecule has 0 aliphatic rings. The lowest BCUT2D eigenvalue weighted by Crippen LogP contribution is -2.26. The van der Waals surface area contributed by atoms with Crippen molar-refractivity contribution in [3.63, 3.8) is 0 Å². The molecule has 21 heavy (non-hydrogen) atoms. The Morgan fingerprint density at radius 3 is 3.05 bits per heavy atom. The number of aryl methyl sites for hydroxylation is 1. The Hall–Kier alpha value is -2.65. The first-order chi connectivity index (χ1) is 10.2. The predicted molar refractivity (Wildman–Crippen MR) is 77.4 cm³/mol. The van der Waals surface area contributed by atoms with Crippen molar-refractivity contribution >= 4 is 5.91 Å². The molecule has 1 aromatic heterocycles. The Kier molecular flexibility index (Phi) is 5.07. The number of carbonyl (C=O) groups excluding carboxylic acids is 1. The molecule has 1 amide bonds. The molecule has 0 saturated carbocycles. The summed E-state index contributed by atoms with van der Waals surface area (Å²) in [6, 6.07) is 5.55. The van der Waals surface area contributed by atoms with Gasteiger partial charge in [0.2, 0.25) is 6.39 Å². The molecule has 0 radical (unpaired) electrons. The van der Waals surface area contributed by atoms with Gasteiger partial charge in [0.25, 0.3) is 5.91 Å². The Labute approximate surface area is 122 Å². The van der Waals surface area contributed by atoms with Gasteiger partial charge in [-0.25, -0.2) is 0 Å². The second kappa shape index (κ2) is 7.22. The van der Waals surface area contributed by atoms with E-state index in [1.165, 1.54) is 6.39 Å². The topological polar surface area (TPSA) is 94.0 Å². The zero-order valence-electron chi connectivity index (χ0n) is 11.7. The average molecular weight is 284 g/mol. The van der Waals surface area contributed by atoms with E-state index in [2.05, 4.69) is 31.8 Å². The van der Waals surface area contributed by atoms with Crippen LogP contribution in [0.1, 0.15) is 27.3 Å². The molecule has 2 rings (SSSR count). The van der Waals surface area contributed by atoms with Crippen molar-refractivity contribution in [2.45, 2.75) is 13.3 Å². The summed E-state index contributed by atoms with van der Waals surface area (Å²) in [6.45, 7) is 2.61. The third kappa shape index (κ3) is 4.16. The standard InChI is InChI=1S/C15H16N4O2/c1-11-4-5-12(3-2-7-16)13(9-11)15(20)17-8-6-14-18-10-21-19-14/h4-5,9-10H,6-8,16H2,1H3,(H,17,20). The highest BCUT2D eigenvalue weighted by Gasteiger charge is 2.10. The first-order valence-electron chi connectivity index (χ1n) is 6.53. The van der Waals surface area contributed by atoms with Crippen LogP contribution in [0.25, 0.3) is 0 Å². The van der Waals surface area contributed by atoms with Gasteiger partial charge in [0.15, 0.2) is 5.82 Å². The Balaban J connectivity index is 2.05. The second-order valence-corrected chi connectivity index (χ2v) is 4.41. The van der Waals surface area contributed by atoms with E-state index in [0.717, 1.165) is 5.56 Å². The maximum atomic E-state index is 12.2. The number of benzene rings is 1. The molecule has 0 aliphatic carbocycles. The molecular formula is C15H16N4O2. The van der Waals surface area contributed by atoms with Crippen molar-refractivity contribution in [1.29, 1.82) is 0 Å². The van der Waals surface area contributed by atoms with Crippen molar-refractivity contribution in [2.75, 3.05) is 13.1 Å². The first-order valence-corrected chi connectivity index (χ1v) is 6.53. The van der Waals surface area contributed by atoms with E-state index in [1.807, 2.05) is 25.1 Å². The van der Waals surface area contributed by atoms with Crippen LogP contribution >= 0.6 is 0 Å². The van der Waals surface area contributed by atoms with E-state index >= 15 is 0 Å². The Bertz CT molecular complexity index is 669. The van der Waals surface area contributed by atoms with Crippen molar-refractivity contribution in [1.82, 2.24) is 15.5 Å². The summed E-state index contributed by atoms with van der Waals surface area (Å²) in [5, 5.41) is 6.51. The lowest BCUT2D eigenvalue weighted by molar-refractivity contribution is 0.0953. The van der Waals surface area contributed by atoms with Crippen molar-refractivity contribution in [3.8, 4) is 11.8 Å². The van der Waals surface area contributed by atoms with Gasteiger partial charge >= 0.3 is 0 Å². The van der Waals surface area contributed by atoms with Gasteiger partial charge in [-0.2, -0.15) is 4.98 Å². The highest BCUT2D eigenvalue weighted by Crippen LogP contribution is 2.10. The van der Waals surface area contributed by atoms with Gasteiger partial charge in [-0.1, -0.05) is 28.6 Å². The third-order valence-electron chi connectivity index (χ3n) is 2.79. The van der Waals surface area contributed by atoms with Crippen LogP contribution < -0.4 is 11.1 Å². The van der Waals surface area contributed by atoms with Crippen LogP contribution in [-0.4, -0.2) is 29.1 Å². The minimum Gasteiger partial charge on any atom is -0.352 e. The quantitative estimate of drug-likeness (QED) is 0.804. The maximum absolute atomic E-state index is 12.2. The monoisotopic (exact) mass is 284 g/mol. The summed E-state index contributed by atoms with van der Waals surface area (Å²) in [5.74, 6) is 6.05. The predicted octanol–water partition coefficient (Wildman–Crippen LogP) is 0.661. The molecule has 6 heteroatoms. The van der Waals surface area contributed by atoms with E-state index in [-0.39, 0.29) is 12.5 Å². The minimum atomic E-state index is -0.177. The van der Waals surface area contributed by atoms with Crippen LogP contribution in [-0.2, 0) is 6.42 Å². The van der Waals surface area contributed by atoms with E-state index in [4.69, 9.17) is 5.73 Å². The van der Waals surface area contributed by atoms with Gasteiger partial charge in [0.05, 0.1) is 12.1 Å². The van der Waals surface area contributed by atoms with Gasteiger partial charge < -0.3 is 15.6 Å². The minimum absolute atomic E-state index is 0.177. The number of carbonyl (C=O) groups is 1. The molecule has 0 atom stereocenters. The van der Waals surface area contributed by atoms with Gasteiger partial charge in [0, 0.05) is 18.5 Å². The molecule has 1 heterocycles. The van der Waals surface area contributed by atoms with Crippen LogP contribution in [0.2, 0.25) is 0 Å². The Morgan fingerprint density at radius 1 is 1.48 bits per heavy atom. The van der Waals surface area contributed by atoms with Gasteiger partial charge in [-0.05, 0) is 19.1 Å². The van der Waals surface area contributed by atoms with Crippen molar-refractivity contribution in [2.24, 2.45) is 5.73 Å². The molecule has 0 saturated heterocycles. The molecule has 0 unspecified atom stereocenters. The van der Waals surface area contributed by atoms with Crippen LogP contribution in [0.5, 0.6) is 0 Å². The molecule has 0 aliphatic heterocycles. The lowest BCUT2D eigenvalue weighted by atomic mass is 10.0. The van der Waals surface area contributed by atoms with Gasteiger partial charge in [-0.3, -0.25) is 4.79 Å². The van der Waals surface area contributed by atoms with E-state index in [1.54, 1.807) is 0 Å². The van der Waals surface area contributed by atoms with Crippen molar-refractivity contribution in [3.05, 3.63) is 47.1 Å². The summed E-state index contributed by atoms with van der Waals surface area (Å²) in [5.41, 5.74) is 7.58. The molecule has 0 fully saturated rings. The number of nitrogens with one attached hydrogen (secondary N) is 1. The molecule has 1 aromatic carbocycles. The summed E-state index contributed by atoms with van der Waals surface area (Å²) in [4.78, 5) is 16.1. The number of nitrogens with two attached hydrogens (primary N) is 1. The Morgan fingerprint density at radius 2 is 2.33 bits per heavy atom. The van der Waals surface area contributed by atoms with Gasteiger partial charge in [-0.15, -0.1) is 0 Å². The van der Waals surface area contributed by atoms with Crippen molar-refractivity contribution < 1.29 is 9.32 Å². The zero-order valence-corrected chi connectivity index (χ0v) is 11.7. The summed E-state index contributed by atoms with van der Waals surface area (Å²) >= 11 is 0. The summed E-state index contributed by atoms with van der Waals surface area (Å²) in [7, 11) is 0. The molecule has 3 N–H and O–H groups in total. The SMILES string of the molecule is Cc1ccc(C#CCN)c(C(=O)NCCc2ncon2)c1. The van der Waals surface area contributed by atoms with E-state index in [0.29, 0.717) is 29.9 Å². The fraction of sp³-hybridized carbons (Fsp3) is 0.267. The smallest absolute Gasteiger partial charge is 0.252 e. The average Bonchev–Trinajstić information content (AvgIpc) is 2.99. The third-order valence-corrected chi connectivity index (χ3v) is 2.79. The van der Waals surface area contributed by atoms with Crippen LogP contribution in [0.15, 0.2) is 29.1 Å². The molecule has 0 bridgehead atoms. The summed E-state index contributed by atoms with van der Waals surface area (Å²) in [6.07, 6.45) is 1.77. The first kappa shape index (κ1) is 14.8. The van der Waals surface area contributed by atoms with E-state index < -0.39 is 0 Å². The molecular weight excluding hydrogens is 268 g/mol. The fourth-order valence-corrected chi connectivity index (χ4v) is 1.79. The molecule has 108 valence electrons. The highest BCUT2D eigenvalue weighted by atomic mass is 16.5. The number of rotatable bonds is 4. The molecule has 0 spiro atoms. The number of aromatic nitrogens is 2. The highest BCUT2D eigenvalue weighted by molar-refractivity contribution is 5.96. The fourth-order valence-electron chi connectivity index (χ4n) is 1.79. The van der Waals surface area contributed by atoms with E-state index in [9.17, 15) is 4.79 Å². The molecule has 6 nitrogen and oxygen atoms in total. The number of amides is 1. The van der Waals surface area contributed by atoms with Crippen LogP contribution in [0.3, 0.4) is 0 Å². The maximum Gasteiger partial charge on any atom is 0.252 e. The largest absolute Gasteiger partial charge is 0.352 e. The second-order valence-electron chi connectivity index (χ2n) is 4.41. The lowest BCUT2D eigenvalue weighted by Gasteiger charge is -2.07. The van der Waals surface area contributed by atoms with Crippen LogP contribution in [0, 0.1) is 18.8 Å². The number of hydrogen-bond acceptors (Lipinski definition) is 5.